The Labute approximate surface area is 381 Å². The van der Waals surface area contributed by atoms with E-state index < -0.39 is 55.9 Å². The highest BCUT2D eigenvalue weighted by molar-refractivity contribution is 9.10. The molecule has 0 saturated heterocycles. The number of hydrogen-bond acceptors (Lipinski definition) is 8. The van der Waals surface area contributed by atoms with Gasteiger partial charge in [0.05, 0.1) is 50.5 Å². The number of halogens is 4. The van der Waals surface area contributed by atoms with Gasteiger partial charge < -0.3 is 10.2 Å². The Morgan fingerprint density at radius 1 is 0.525 bits per heavy atom. The molecule has 2 N–H and O–H groups in total. The summed E-state index contributed by atoms with van der Waals surface area (Å²) in [6, 6.07) is 39.8. The van der Waals surface area contributed by atoms with Crippen molar-refractivity contribution in [2.75, 3.05) is 13.9 Å². The first-order valence-corrected chi connectivity index (χ1v) is 24.0. The molecule has 0 fully saturated rings. The number of carbonyl (C=O) groups excluding carboxylic acids is 2. The van der Waals surface area contributed by atoms with Crippen LogP contribution in [0.2, 0.25) is 0 Å². The normalized spacial score (nSPS) is 18.5. The Hall–Kier alpha value is -4.38. The monoisotopic (exact) mass is 1030 g/mol. The number of benzene rings is 6. The molecule has 61 heavy (non-hydrogen) atoms. The van der Waals surface area contributed by atoms with Crippen molar-refractivity contribution in [2.24, 2.45) is 0 Å². The molecule has 316 valence electrons. The van der Waals surface area contributed by atoms with Crippen LogP contribution in [0, 0.1) is 13.8 Å². The van der Waals surface area contributed by atoms with Crippen LogP contribution in [0.25, 0.3) is 0 Å². The SMILES string of the molecule is Cc1ccc(S(=O)(=O)N2C(=O)[C@@H](c3ccccc3)[C@@H](O)c3cc(Br)ccc32)cc1.Cc1ccc(S(=O)(=O)N2C(=O)[C@H](c3ccccc3)[C@H](O)c3cc(Br)ccc32)cc1.ClCCl. The van der Waals surface area contributed by atoms with Gasteiger partial charge in [-0.25, -0.2) is 25.4 Å². The first-order chi connectivity index (χ1) is 29.0. The lowest BCUT2D eigenvalue weighted by Gasteiger charge is -2.36. The topological polar surface area (TPSA) is 149 Å². The van der Waals surface area contributed by atoms with Crippen molar-refractivity contribution in [3.63, 3.8) is 0 Å². The van der Waals surface area contributed by atoms with E-state index in [1.807, 2.05) is 13.8 Å². The molecule has 6 aromatic carbocycles. The molecule has 2 amide bonds. The number of aliphatic hydroxyl groups is 2. The Kier molecular flexibility index (Phi) is 14.6. The van der Waals surface area contributed by atoms with E-state index in [1.54, 1.807) is 109 Å². The minimum atomic E-state index is -4.16. The van der Waals surface area contributed by atoms with E-state index in [0.29, 0.717) is 31.2 Å². The van der Waals surface area contributed by atoms with Crippen LogP contribution in [0.5, 0.6) is 0 Å². The smallest absolute Gasteiger partial charge is 0.270 e. The van der Waals surface area contributed by atoms with Crippen LogP contribution in [0.3, 0.4) is 0 Å². The number of aryl methyl sites for hydroxylation is 2. The third-order valence-corrected chi connectivity index (χ3v) is 14.5. The number of nitrogens with zero attached hydrogens (tertiary/aromatic N) is 2. The highest BCUT2D eigenvalue weighted by Crippen LogP contribution is 2.47. The van der Waals surface area contributed by atoms with Crippen molar-refractivity contribution >= 4 is 98.3 Å². The van der Waals surface area contributed by atoms with Crippen LogP contribution in [0.15, 0.2) is 164 Å². The van der Waals surface area contributed by atoms with E-state index in [-0.39, 0.29) is 26.5 Å². The van der Waals surface area contributed by atoms with Crippen LogP contribution < -0.4 is 8.61 Å². The number of anilines is 2. The molecule has 0 aromatic heterocycles. The number of sulfonamides is 2. The minimum Gasteiger partial charge on any atom is -0.387 e. The van der Waals surface area contributed by atoms with Crippen molar-refractivity contribution in [1.82, 2.24) is 0 Å². The lowest BCUT2D eigenvalue weighted by molar-refractivity contribution is -0.123. The summed E-state index contributed by atoms with van der Waals surface area (Å²) >= 11 is 16.3. The van der Waals surface area contributed by atoms with Crippen LogP contribution in [0.1, 0.15) is 57.4 Å². The van der Waals surface area contributed by atoms with E-state index in [0.717, 1.165) is 19.7 Å². The average molecular weight is 1030 g/mol. The second-order valence-electron chi connectivity index (χ2n) is 14.0. The fourth-order valence-electron chi connectivity index (χ4n) is 7.11. The lowest BCUT2D eigenvalue weighted by atomic mass is 9.85. The number of amides is 2. The Morgan fingerprint density at radius 2 is 0.836 bits per heavy atom. The maximum Gasteiger partial charge on any atom is 0.270 e. The van der Waals surface area contributed by atoms with Crippen LogP contribution in [-0.4, -0.2) is 44.2 Å². The summed E-state index contributed by atoms with van der Waals surface area (Å²) in [5.74, 6) is -3.42. The minimum absolute atomic E-state index is 0.0218. The molecule has 16 heteroatoms. The fraction of sp³-hybridized carbons (Fsp3) is 0.156. The molecule has 8 rings (SSSR count). The molecule has 0 bridgehead atoms. The van der Waals surface area contributed by atoms with Gasteiger partial charge in [-0.2, -0.15) is 0 Å². The van der Waals surface area contributed by atoms with Gasteiger partial charge in [-0.3, -0.25) is 9.59 Å². The number of aliphatic hydroxyl groups excluding tert-OH is 2. The molecule has 2 aliphatic rings. The summed E-state index contributed by atoms with van der Waals surface area (Å²) < 4.78 is 56.8. The van der Waals surface area contributed by atoms with Crippen molar-refractivity contribution < 1.29 is 36.6 Å². The summed E-state index contributed by atoms with van der Waals surface area (Å²) in [6.45, 7) is 3.72. The summed E-state index contributed by atoms with van der Waals surface area (Å²) in [7, 11) is -8.32. The van der Waals surface area contributed by atoms with Gasteiger partial charge >= 0.3 is 0 Å². The zero-order valence-corrected chi connectivity index (χ0v) is 38.8. The third-order valence-electron chi connectivity index (χ3n) is 10.1. The molecule has 10 nitrogen and oxygen atoms in total. The number of fused-ring (bicyclic) bond motifs is 2. The van der Waals surface area contributed by atoms with Gasteiger partial charge in [-0.05, 0) is 85.6 Å². The second-order valence-corrected chi connectivity index (χ2v) is 20.2. The average Bonchev–Trinajstić information content (AvgIpc) is 3.23. The molecule has 0 unspecified atom stereocenters. The van der Waals surface area contributed by atoms with E-state index in [1.165, 1.54) is 36.4 Å². The molecule has 6 aromatic rings. The molecule has 0 aliphatic carbocycles. The molecule has 4 atom stereocenters. The molecule has 0 radical (unpaired) electrons. The predicted octanol–water partition coefficient (Wildman–Crippen LogP) is 10.0. The molecule has 0 saturated carbocycles. The van der Waals surface area contributed by atoms with E-state index >= 15 is 0 Å². The van der Waals surface area contributed by atoms with Crippen molar-refractivity contribution in [2.45, 2.75) is 47.7 Å². The Morgan fingerprint density at radius 3 is 1.15 bits per heavy atom. The zero-order valence-electron chi connectivity index (χ0n) is 32.4. The maximum absolute atomic E-state index is 13.5. The van der Waals surface area contributed by atoms with Gasteiger partial charge in [0.15, 0.2) is 0 Å². The predicted molar refractivity (Wildman–Crippen MR) is 245 cm³/mol. The second kappa shape index (κ2) is 19.3. The summed E-state index contributed by atoms with van der Waals surface area (Å²) in [4.78, 5) is 26.9. The van der Waals surface area contributed by atoms with E-state index in [4.69, 9.17) is 23.2 Å². The van der Waals surface area contributed by atoms with Gasteiger partial charge in [0.1, 0.15) is 0 Å². The van der Waals surface area contributed by atoms with Crippen LogP contribution >= 0.6 is 55.1 Å². The van der Waals surface area contributed by atoms with Crippen molar-refractivity contribution in [3.05, 3.63) is 188 Å². The van der Waals surface area contributed by atoms with Gasteiger partial charge in [-0.1, -0.05) is 128 Å². The Balaban J connectivity index is 0.000000192. The Bertz CT molecular complexity index is 2580. The summed E-state index contributed by atoms with van der Waals surface area (Å²) in [6.07, 6.45) is -2.33. The number of carbonyl (C=O) groups is 2. The number of rotatable bonds is 6. The molecular weight excluding hydrogens is 991 g/mol. The highest BCUT2D eigenvalue weighted by Gasteiger charge is 2.47. The molecular formula is C45H38Br2Cl2N2O8S2. The van der Waals surface area contributed by atoms with Gasteiger partial charge in [0.2, 0.25) is 0 Å². The largest absolute Gasteiger partial charge is 0.387 e. The first-order valence-electron chi connectivity index (χ1n) is 18.5. The summed E-state index contributed by atoms with van der Waals surface area (Å²) in [5, 5.41) is 22.2. The summed E-state index contributed by atoms with van der Waals surface area (Å²) in [5.41, 5.74) is 4.02. The van der Waals surface area contributed by atoms with Crippen LogP contribution in [0.4, 0.5) is 11.4 Å². The standard InChI is InChI=1S/2C22H18BrNO4S.CH2Cl2/c2*1-14-7-10-17(11-8-14)29(27,28)24-19-12-9-16(23)13-18(19)21(25)20(22(24)26)15-5-3-2-4-6-15;2-1-3/h2*2-13,20-21,25H,1H3;1H2/t2*20-,21-;/m10./s1. The van der Waals surface area contributed by atoms with Gasteiger partial charge in [0, 0.05) is 20.1 Å². The van der Waals surface area contributed by atoms with Gasteiger partial charge in [-0.15, -0.1) is 23.2 Å². The zero-order chi connectivity index (χ0) is 44.2. The van der Waals surface area contributed by atoms with Crippen molar-refractivity contribution in [1.29, 1.82) is 0 Å². The number of hydrogen-bond donors (Lipinski definition) is 2. The molecule has 2 aliphatic heterocycles. The fourth-order valence-corrected chi connectivity index (χ4v) is 10.8. The molecule has 2 heterocycles. The first kappa shape index (κ1) is 46.1. The highest BCUT2D eigenvalue weighted by atomic mass is 79.9. The van der Waals surface area contributed by atoms with Crippen LogP contribution in [-0.2, 0) is 29.6 Å². The number of alkyl halides is 2. The van der Waals surface area contributed by atoms with Gasteiger partial charge in [0.25, 0.3) is 31.9 Å². The third kappa shape index (κ3) is 9.52. The lowest BCUT2D eigenvalue weighted by Crippen LogP contribution is -2.45. The molecule has 0 spiro atoms. The van der Waals surface area contributed by atoms with Crippen molar-refractivity contribution in [3.8, 4) is 0 Å². The van der Waals surface area contributed by atoms with E-state index in [2.05, 4.69) is 31.9 Å². The maximum atomic E-state index is 13.5. The quantitative estimate of drug-likeness (QED) is 0.157. The van der Waals surface area contributed by atoms with E-state index in [9.17, 15) is 36.6 Å².